The lowest BCUT2D eigenvalue weighted by Gasteiger charge is -2.59. The van der Waals surface area contributed by atoms with Crippen molar-refractivity contribution in [3.05, 3.63) is 5.28 Å². The van der Waals surface area contributed by atoms with Crippen LogP contribution in [-0.4, -0.2) is 94.5 Å². The van der Waals surface area contributed by atoms with Crippen LogP contribution in [0.3, 0.4) is 0 Å². The van der Waals surface area contributed by atoms with Crippen molar-refractivity contribution in [1.29, 1.82) is 0 Å². The highest BCUT2D eigenvalue weighted by molar-refractivity contribution is 6.28. The van der Waals surface area contributed by atoms with Gasteiger partial charge >= 0.3 is 5.95 Å². The smallest absolute Gasteiger partial charge is 0.335 e. The number of quaternary nitrogens is 1. The van der Waals surface area contributed by atoms with Crippen molar-refractivity contribution in [3.8, 4) is 0 Å². The molecule has 3 aliphatic rings. The predicted octanol–water partition coefficient (Wildman–Crippen LogP) is 4.26. The van der Waals surface area contributed by atoms with E-state index in [9.17, 15) is 0 Å². The van der Waals surface area contributed by atoms with Crippen molar-refractivity contribution in [1.82, 2.24) is 29.7 Å². The molecule has 0 amide bonds. The highest BCUT2D eigenvalue weighted by Gasteiger charge is 2.57. The van der Waals surface area contributed by atoms with E-state index >= 15 is 0 Å². The molecule has 3 fully saturated rings. The van der Waals surface area contributed by atoms with Gasteiger partial charge in [0, 0.05) is 60.9 Å². The lowest BCUT2D eigenvalue weighted by molar-refractivity contribution is -0.0591. The quantitative estimate of drug-likeness (QED) is 0.592. The Morgan fingerprint density at radius 3 is 1.86 bits per heavy atom. The monoisotopic (exact) mass is 522 g/mol. The van der Waals surface area contributed by atoms with Gasteiger partial charge < -0.3 is 15.0 Å². The first-order chi connectivity index (χ1) is 16.5. The van der Waals surface area contributed by atoms with E-state index in [0.717, 1.165) is 44.7 Å². The maximum atomic E-state index is 6.65. The molecule has 0 bridgehead atoms. The number of ether oxygens (including phenoxy) is 1. The Kier molecular flexibility index (Phi) is 7.22. The van der Waals surface area contributed by atoms with Crippen LogP contribution >= 0.6 is 11.6 Å². The third kappa shape index (κ3) is 5.39. The number of likely N-dealkylation sites (tertiary alicyclic amines) is 1. The molecule has 8 nitrogen and oxygen atoms in total. The number of hydrogen-bond acceptors (Lipinski definition) is 7. The van der Waals surface area contributed by atoms with Gasteiger partial charge in [-0.25, -0.2) is 0 Å². The molecule has 4 heterocycles. The molecule has 1 aromatic heterocycles. The SMILES string of the molecule is CN1C(C)(C)CC([N+](C)(c2nc(Cl)nc(N3CCOCC3)n2)C2CC(C)(C)NC(C)(C)C2)CC1(C)C. The Morgan fingerprint density at radius 1 is 0.833 bits per heavy atom. The Balaban J connectivity index is 1.86. The average Bonchev–Trinajstić information content (AvgIpc) is 2.74. The minimum Gasteiger partial charge on any atom is -0.378 e. The fourth-order valence-electron chi connectivity index (χ4n) is 7.42. The van der Waals surface area contributed by atoms with E-state index in [0.29, 0.717) is 35.7 Å². The maximum Gasteiger partial charge on any atom is 0.335 e. The molecule has 1 atom stereocenters. The number of morpholine rings is 1. The fourth-order valence-corrected chi connectivity index (χ4v) is 7.57. The van der Waals surface area contributed by atoms with Crippen molar-refractivity contribution in [2.75, 3.05) is 45.3 Å². The Hall–Kier alpha value is -1.06. The van der Waals surface area contributed by atoms with E-state index in [1.165, 1.54) is 0 Å². The first-order valence-corrected chi connectivity index (χ1v) is 14.0. The van der Waals surface area contributed by atoms with Crippen LogP contribution in [0.15, 0.2) is 0 Å². The molecule has 0 saturated carbocycles. The first kappa shape index (κ1) is 28.0. The normalized spacial score (nSPS) is 28.6. The summed E-state index contributed by atoms with van der Waals surface area (Å²) >= 11 is 6.65. The van der Waals surface area contributed by atoms with Crippen molar-refractivity contribution < 1.29 is 4.74 Å². The second-order valence-corrected chi connectivity index (χ2v) is 14.5. The van der Waals surface area contributed by atoms with Gasteiger partial charge in [0.15, 0.2) is 0 Å². The minimum atomic E-state index is 0.00623. The van der Waals surface area contributed by atoms with Crippen LogP contribution in [0.1, 0.15) is 81.1 Å². The molecular formula is C27H49ClN7O+. The highest BCUT2D eigenvalue weighted by atomic mass is 35.5. The molecule has 1 N–H and O–H groups in total. The third-order valence-corrected chi connectivity index (χ3v) is 9.45. The van der Waals surface area contributed by atoms with Gasteiger partial charge in [-0.3, -0.25) is 9.38 Å². The molecule has 9 heteroatoms. The lowest BCUT2D eigenvalue weighted by atomic mass is 9.73. The Bertz CT molecular complexity index is 925. The van der Waals surface area contributed by atoms with Gasteiger partial charge in [-0.15, -0.1) is 9.97 Å². The number of aromatic nitrogens is 3. The second kappa shape index (κ2) is 9.30. The van der Waals surface area contributed by atoms with E-state index in [4.69, 9.17) is 26.3 Å². The zero-order valence-corrected chi connectivity index (χ0v) is 25.0. The molecule has 1 aromatic rings. The highest BCUT2D eigenvalue weighted by Crippen LogP contribution is 2.46. The van der Waals surface area contributed by atoms with E-state index in [2.05, 4.69) is 89.6 Å². The topological polar surface area (TPSA) is 66.4 Å². The van der Waals surface area contributed by atoms with Crippen molar-refractivity contribution in [2.45, 2.75) is 115 Å². The van der Waals surface area contributed by atoms with E-state index < -0.39 is 0 Å². The molecule has 3 saturated heterocycles. The van der Waals surface area contributed by atoms with Gasteiger partial charge in [0.05, 0.1) is 32.3 Å². The molecule has 0 aliphatic carbocycles. The third-order valence-electron chi connectivity index (χ3n) is 9.28. The van der Waals surface area contributed by atoms with Crippen molar-refractivity contribution in [2.24, 2.45) is 0 Å². The number of nitrogens with one attached hydrogen (secondary N) is 1. The van der Waals surface area contributed by atoms with Gasteiger partial charge in [-0.1, -0.05) is 0 Å². The summed E-state index contributed by atoms with van der Waals surface area (Å²) in [4.78, 5) is 19.4. The van der Waals surface area contributed by atoms with Crippen LogP contribution in [0.2, 0.25) is 5.28 Å². The molecule has 0 aromatic carbocycles. The standard InChI is InChI=1S/C27H49ClN7O/c1-24(2)15-19(16-25(3,4)32-24)35(10,20-17-26(5,6)33(9)27(7,8)18-20)23-30-21(28)29-22(31-23)34-11-13-36-14-12-34/h19-20,32H,11-18H2,1-10H3/q+1. The average molecular weight is 523 g/mol. The largest absolute Gasteiger partial charge is 0.378 e. The summed E-state index contributed by atoms with van der Waals surface area (Å²) in [5.41, 5.74) is 0.111. The predicted molar refractivity (Wildman–Crippen MR) is 149 cm³/mol. The van der Waals surface area contributed by atoms with E-state index in [-0.39, 0.29) is 27.4 Å². The van der Waals surface area contributed by atoms with E-state index in [1.807, 2.05) is 0 Å². The second-order valence-electron chi connectivity index (χ2n) is 14.2. The summed E-state index contributed by atoms with van der Waals surface area (Å²) in [7, 11) is 4.65. The van der Waals surface area contributed by atoms with Crippen LogP contribution < -0.4 is 14.7 Å². The molecular weight excluding hydrogens is 474 g/mol. The van der Waals surface area contributed by atoms with Crippen LogP contribution in [0.25, 0.3) is 0 Å². The van der Waals surface area contributed by atoms with Crippen LogP contribution in [0.4, 0.5) is 11.9 Å². The molecule has 4 rings (SSSR count). The maximum absolute atomic E-state index is 6.65. The summed E-state index contributed by atoms with van der Waals surface area (Å²) < 4.78 is 6.26. The van der Waals surface area contributed by atoms with Crippen molar-refractivity contribution >= 4 is 23.5 Å². The first-order valence-electron chi connectivity index (χ1n) is 13.6. The summed E-state index contributed by atoms with van der Waals surface area (Å²) in [6, 6.07) is 0.684. The minimum absolute atomic E-state index is 0.00623. The number of rotatable bonds is 4. The van der Waals surface area contributed by atoms with Gasteiger partial charge in [0.2, 0.25) is 11.2 Å². The molecule has 3 aliphatic heterocycles. The summed E-state index contributed by atoms with van der Waals surface area (Å²) in [5.74, 6) is 1.48. The molecule has 204 valence electrons. The summed E-state index contributed by atoms with van der Waals surface area (Å²) in [6.07, 6.45) is 4.20. The Morgan fingerprint density at radius 2 is 1.33 bits per heavy atom. The van der Waals surface area contributed by atoms with Crippen molar-refractivity contribution in [3.63, 3.8) is 0 Å². The van der Waals surface area contributed by atoms with Gasteiger partial charge in [0.1, 0.15) is 0 Å². The van der Waals surface area contributed by atoms with Crippen LogP contribution in [0.5, 0.6) is 0 Å². The zero-order valence-electron chi connectivity index (χ0n) is 24.3. The van der Waals surface area contributed by atoms with Gasteiger partial charge in [0.25, 0.3) is 0 Å². The van der Waals surface area contributed by atoms with Gasteiger partial charge in [-0.05, 0) is 74.0 Å². The van der Waals surface area contributed by atoms with Crippen LogP contribution in [-0.2, 0) is 4.74 Å². The summed E-state index contributed by atoms with van der Waals surface area (Å²) in [5, 5.41) is 4.17. The number of hydrogen-bond donors (Lipinski definition) is 1. The molecule has 0 spiro atoms. The number of piperidine rings is 2. The molecule has 0 radical (unpaired) electrons. The number of anilines is 1. The summed E-state index contributed by atoms with van der Waals surface area (Å²) in [6.45, 7) is 21.7. The number of nitrogens with zero attached hydrogens (tertiary/aromatic N) is 6. The Labute approximate surface area is 223 Å². The van der Waals surface area contributed by atoms with Gasteiger partial charge in [-0.2, -0.15) is 4.98 Å². The molecule has 1 unspecified atom stereocenters. The van der Waals surface area contributed by atoms with E-state index in [1.54, 1.807) is 0 Å². The molecule has 36 heavy (non-hydrogen) atoms. The fraction of sp³-hybridized carbons (Fsp3) is 0.889. The van der Waals surface area contributed by atoms with Crippen LogP contribution in [0, 0.1) is 0 Å². The zero-order chi connectivity index (χ0) is 26.7. The number of halogens is 1. The lowest BCUT2D eigenvalue weighted by Crippen LogP contribution is -2.74.